The first-order valence-electron chi connectivity index (χ1n) is 7.25. The summed E-state index contributed by atoms with van der Waals surface area (Å²) in [5.41, 5.74) is 1.75. The summed E-state index contributed by atoms with van der Waals surface area (Å²) in [4.78, 5) is 22.1. The van der Waals surface area contributed by atoms with Gasteiger partial charge in [0.1, 0.15) is 18.2 Å². The SMILES string of the molecule is Cc1nc(Nc2ccccc2)cc([C@H]2CCN2C(=O)CO)n1. The van der Waals surface area contributed by atoms with Crippen LogP contribution in [0.1, 0.15) is 24.0 Å². The number of carbonyl (C=O) groups is 1. The summed E-state index contributed by atoms with van der Waals surface area (Å²) in [6.07, 6.45) is 0.854. The maximum absolute atomic E-state index is 11.7. The Labute approximate surface area is 128 Å². The number of rotatable bonds is 4. The molecule has 6 heteroatoms. The minimum absolute atomic E-state index is 0.0716. The summed E-state index contributed by atoms with van der Waals surface area (Å²) >= 11 is 0. The fraction of sp³-hybridized carbons (Fsp3) is 0.312. The van der Waals surface area contributed by atoms with Crippen molar-refractivity contribution in [3.05, 3.63) is 47.9 Å². The number of hydrogen-bond donors (Lipinski definition) is 2. The van der Waals surface area contributed by atoms with Gasteiger partial charge in [0.05, 0.1) is 11.7 Å². The summed E-state index contributed by atoms with van der Waals surface area (Å²) in [6, 6.07) is 11.6. The average Bonchev–Trinajstić information content (AvgIpc) is 2.46. The number of likely N-dealkylation sites (tertiary alicyclic amines) is 1. The zero-order chi connectivity index (χ0) is 15.5. The molecule has 0 radical (unpaired) electrons. The summed E-state index contributed by atoms with van der Waals surface area (Å²) in [5, 5.41) is 12.2. The number of benzene rings is 1. The maximum Gasteiger partial charge on any atom is 0.248 e. The van der Waals surface area contributed by atoms with Crippen molar-refractivity contribution in [1.29, 1.82) is 0 Å². The Morgan fingerprint density at radius 3 is 2.77 bits per heavy atom. The lowest BCUT2D eigenvalue weighted by Gasteiger charge is -2.40. The number of aryl methyl sites for hydroxylation is 1. The molecule has 1 atom stereocenters. The number of nitrogens with zero attached hydrogens (tertiary/aromatic N) is 3. The lowest BCUT2D eigenvalue weighted by atomic mass is 9.99. The van der Waals surface area contributed by atoms with E-state index < -0.39 is 6.61 Å². The van der Waals surface area contributed by atoms with Crippen LogP contribution in [0.4, 0.5) is 11.5 Å². The van der Waals surface area contributed by atoms with Crippen LogP contribution >= 0.6 is 0 Å². The van der Waals surface area contributed by atoms with E-state index in [0.717, 1.165) is 17.8 Å². The second kappa shape index (κ2) is 6.11. The number of para-hydroxylation sites is 1. The largest absolute Gasteiger partial charge is 0.387 e. The van der Waals surface area contributed by atoms with Gasteiger partial charge in [-0.05, 0) is 25.5 Å². The Kier molecular flexibility index (Phi) is 4.02. The standard InChI is InChI=1S/C16H18N4O2/c1-11-17-13(14-7-8-20(14)16(22)10-21)9-15(18-11)19-12-5-3-2-4-6-12/h2-6,9,14,21H,7-8,10H2,1H3,(H,17,18,19)/t14-/m1/s1. The smallest absolute Gasteiger partial charge is 0.248 e. The average molecular weight is 298 g/mol. The summed E-state index contributed by atoms with van der Waals surface area (Å²) in [5.74, 6) is 1.10. The highest BCUT2D eigenvalue weighted by Crippen LogP contribution is 2.33. The Hall–Kier alpha value is -2.47. The second-order valence-corrected chi connectivity index (χ2v) is 5.27. The van der Waals surface area contributed by atoms with Gasteiger partial charge < -0.3 is 15.3 Å². The van der Waals surface area contributed by atoms with Gasteiger partial charge in [-0.15, -0.1) is 0 Å². The molecule has 1 aromatic heterocycles. The van der Waals surface area contributed by atoms with Crippen LogP contribution in [0.25, 0.3) is 0 Å². The van der Waals surface area contributed by atoms with E-state index in [-0.39, 0.29) is 11.9 Å². The van der Waals surface area contributed by atoms with Crippen LogP contribution in [0.15, 0.2) is 36.4 Å². The Bertz CT molecular complexity index is 675. The number of amides is 1. The third-order valence-electron chi connectivity index (χ3n) is 3.72. The predicted octanol–water partition coefficient (Wildman–Crippen LogP) is 1.79. The van der Waals surface area contributed by atoms with Gasteiger partial charge in [-0.2, -0.15) is 0 Å². The van der Waals surface area contributed by atoms with Crippen LogP contribution in [0.3, 0.4) is 0 Å². The Morgan fingerprint density at radius 2 is 2.14 bits per heavy atom. The zero-order valence-corrected chi connectivity index (χ0v) is 12.4. The molecule has 1 aliphatic heterocycles. The monoisotopic (exact) mass is 298 g/mol. The van der Waals surface area contributed by atoms with Crippen molar-refractivity contribution in [3.63, 3.8) is 0 Å². The molecule has 22 heavy (non-hydrogen) atoms. The fourth-order valence-corrected chi connectivity index (χ4v) is 2.58. The van der Waals surface area contributed by atoms with Crippen LogP contribution < -0.4 is 5.32 Å². The topological polar surface area (TPSA) is 78.4 Å². The molecule has 0 unspecified atom stereocenters. The van der Waals surface area contributed by atoms with Crippen LogP contribution in [-0.2, 0) is 4.79 Å². The van der Waals surface area contributed by atoms with Crippen LogP contribution in [0.2, 0.25) is 0 Å². The van der Waals surface area contributed by atoms with Crippen molar-refractivity contribution in [3.8, 4) is 0 Å². The van der Waals surface area contributed by atoms with Crippen molar-refractivity contribution in [2.75, 3.05) is 18.5 Å². The predicted molar refractivity (Wildman–Crippen MR) is 82.7 cm³/mol. The van der Waals surface area contributed by atoms with Crippen molar-refractivity contribution < 1.29 is 9.90 Å². The van der Waals surface area contributed by atoms with E-state index in [4.69, 9.17) is 5.11 Å². The zero-order valence-electron chi connectivity index (χ0n) is 12.4. The third kappa shape index (κ3) is 2.92. The highest BCUT2D eigenvalue weighted by atomic mass is 16.3. The number of carbonyl (C=O) groups excluding carboxylic acids is 1. The molecule has 1 amide bonds. The van der Waals surface area contributed by atoms with E-state index >= 15 is 0 Å². The lowest BCUT2D eigenvalue weighted by Crippen LogP contribution is -2.46. The first-order chi connectivity index (χ1) is 10.7. The van der Waals surface area contributed by atoms with Crippen molar-refractivity contribution in [2.24, 2.45) is 0 Å². The first-order valence-corrected chi connectivity index (χ1v) is 7.25. The number of anilines is 2. The maximum atomic E-state index is 11.7. The van der Waals surface area contributed by atoms with Crippen molar-refractivity contribution in [2.45, 2.75) is 19.4 Å². The normalized spacial score (nSPS) is 17.0. The molecule has 6 nitrogen and oxygen atoms in total. The molecular weight excluding hydrogens is 280 g/mol. The molecular formula is C16H18N4O2. The number of aliphatic hydroxyl groups excluding tert-OH is 1. The van der Waals surface area contributed by atoms with Crippen LogP contribution in [-0.4, -0.2) is 39.0 Å². The van der Waals surface area contributed by atoms with Crippen LogP contribution in [0.5, 0.6) is 0 Å². The first kappa shape index (κ1) is 14.5. The van der Waals surface area contributed by atoms with Gasteiger partial charge in [0.25, 0.3) is 0 Å². The van der Waals surface area contributed by atoms with E-state index in [9.17, 15) is 4.79 Å². The van der Waals surface area contributed by atoms with Gasteiger partial charge in [-0.3, -0.25) is 4.79 Å². The van der Waals surface area contributed by atoms with Crippen molar-refractivity contribution in [1.82, 2.24) is 14.9 Å². The molecule has 1 fully saturated rings. The second-order valence-electron chi connectivity index (χ2n) is 5.27. The molecule has 114 valence electrons. The van der Waals surface area contributed by atoms with Gasteiger partial charge in [-0.25, -0.2) is 9.97 Å². The van der Waals surface area contributed by atoms with E-state index in [1.165, 1.54) is 0 Å². The quantitative estimate of drug-likeness (QED) is 0.900. The minimum atomic E-state index is -0.463. The van der Waals surface area contributed by atoms with Crippen molar-refractivity contribution >= 4 is 17.4 Å². The summed E-state index contributed by atoms with van der Waals surface area (Å²) in [6.45, 7) is 2.03. The summed E-state index contributed by atoms with van der Waals surface area (Å²) < 4.78 is 0. The molecule has 3 rings (SSSR count). The number of aromatic nitrogens is 2. The van der Waals surface area contributed by atoms with Gasteiger partial charge >= 0.3 is 0 Å². The third-order valence-corrected chi connectivity index (χ3v) is 3.72. The molecule has 1 aliphatic rings. The molecule has 0 saturated carbocycles. The molecule has 0 aliphatic carbocycles. The highest BCUT2D eigenvalue weighted by Gasteiger charge is 2.34. The van der Waals surface area contributed by atoms with E-state index in [2.05, 4.69) is 15.3 Å². The van der Waals surface area contributed by atoms with Gasteiger partial charge in [0, 0.05) is 18.3 Å². The molecule has 2 N–H and O–H groups in total. The minimum Gasteiger partial charge on any atom is -0.387 e. The number of aliphatic hydroxyl groups is 1. The van der Waals surface area contributed by atoms with Gasteiger partial charge in [0.2, 0.25) is 5.91 Å². The van der Waals surface area contributed by atoms with Gasteiger partial charge in [0.15, 0.2) is 0 Å². The molecule has 0 bridgehead atoms. The molecule has 1 aromatic carbocycles. The van der Waals surface area contributed by atoms with E-state index in [0.29, 0.717) is 18.2 Å². The summed E-state index contributed by atoms with van der Waals surface area (Å²) in [7, 11) is 0. The van der Waals surface area contributed by atoms with Gasteiger partial charge in [-0.1, -0.05) is 18.2 Å². The van der Waals surface area contributed by atoms with E-state index in [1.54, 1.807) is 4.90 Å². The fourth-order valence-electron chi connectivity index (χ4n) is 2.58. The van der Waals surface area contributed by atoms with Crippen LogP contribution in [0, 0.1) is 6.92 Å². The lowest BCUT2D eigenvalue weighted by molar-refractivity contribution is -0.142. The molecule has 2 heterocycles. The number of nitrogens with one attached hydrogen (secondary N) is 1. The Balaban J connectivity index is 1.83. The molecule has 2 aromatic rings. The Morgan fingerprint density at radius 1 is 1.36 bits per heavy atom. The molecule has 1 saturated heterocycles. The van der Waals surface area contributed by atoms with E-state index in [1.807, 2.05) is 43.3 Å². The number of hydrogen-bond acceptors (Lipinski definition) is 5. The molecule has 0 spiro atoms. The highest BCUT2D eigenvalue weighted by molar-refractivity contribution is 5.78.